The molecule has 0 atom stereocenters. The molecule has 1 amide bonds. The van der Waals surface area contributed by atoms with Crippen LogP contribution in [-0.4, -0.2) is 39.3 Å². The number of benzene rings is 2. The molecule has 0 bridgehead atoms. The first-order valence-electron chi connectivity index (χ1n) is 7.87. The van der Waals surface area contributed by atoms with Gasteiger partial charge in [0.15, 0.2) is 11.5 Å². The van der Waals surface area contributed by atoms with E-state index in [-0.39, 0.29) is 5.91 Å². The van der Waals surface area contributed by atoms with Gasteiger partial charge in [0.1, 0.15) is 5.75 Å². The monoisotopic (exact) mass is 356 g/mol. The minimum Gasteiger partial charge on any atom is -0.497 e. The van der Waals surface area contributed by atoms with Crippen LogP contribution in [0.15, 0.2) is 36.5 Å². The third-order valence-corrected chi connectivity index (χ3v) is 4.06. The fourth-order valence-electron chi connectivity index (χ4n) is 2.77. The van der Waals surface area contributed by atoms with Crippen molar-refractivity contribution in [2.75, 3.05) is 33.8 Å². The van der Waals surface area contributed by atoms with Crippen LogP contribution in [0.25, 0.3) is 10.9 Å². The number of hydrogen-bond donors (Lipinski definition) is 2. The van der Waals surface area contributed by atoms with Crippen molar-refractivity contribution >= 4 is 22.5 Å². The molecule has 3 rings (SSSR count). The summed E-state index contributed by atoms with van der Waals surface area (Å²) in [6.45, 7) is 0. The Balaban J connectivity index is 1.95. The van der Waals surface area contributed by atoms with Crippen LogP contribution >= 0.6 is 0 Å². The number of ether oxygens (including phenoxy) is 4. The lowest BCUT2D eigenvalue weighted by Crippen LogP contribution is -2.11. The molecule has 2 N–H and O–H groups in total. The molecule has 1 heterocycles. The Morgan fingerprint density at radius 3 is 2.19 bits per heavy atom. The molecule has 0 aliphatic heterocycles. The van der Waals surface area contributed by atoms with Gasteiger partial charge in [0, 0.05) is 34.9 Å². The molecule has 0 aliphatic rings. The fourth-order valence-corrected chi connectivity index (χ4v) is 2.77. The Morgan fingerprint density at radius 2 is 1.62 bits per heavy atom. The molecule has 0 fully saturated rings. The predicted molar refractivity (Wildman–Crippen MR) is 98.9 cm³/mol. The third kappa shape index (κ3) is 3.11. The zero-order valence-electron chi connectivity index (χ0n) is 15.0. The van der Waals surface area contributed by atoms with Crippen molar-refractivity contribution in [2.45, 2.75) is 0 Å². The van der Waals surface area contributed by atoms with Crippen LogP contribution in [0.4, 0.5) is 5.69 Å². The first-order valence-corrected chi connectivity index (χ1v) is 7.87. The molecule has 0 radical (unpaired) electrons. The number of methoxy groups -OCH3 is 4. The van der Waals surface area contributed by atoms with Gasteiger partial charge in [-0.1, -0.05) is 0 Å². The number of H-pyrrole nitrogens is 1. The number of aromatic nitrogens is 1. The van der Waals surface area contributed by atoms with Gasteiger partial charge in [0.05, 0.1) is 34.0 Å². The molecule has 7 nitrogen and oxygen atoms in total. The Labute approximate surface area is 150 Å². The Hall–Kier alpha value is -3.35. The SMILES string of the molecule is COc1ccc2[nH]cc(C(=O)Nc3cc(OC)c(OC)c(OC)c3)c2c1. The van der Waals surface area contributed by atoms with Gasteiger partial charge in [-0.3, -0.25) is 4.79 Å². The number of rotatable bonds is 6. The summed E-state index contributed by atoms with van der Waals surface area (Å²) in [6.07, 6.45) is 1.66. The number of fused-ring (bicyclic) bond motifs is 1. The second-order valence-electron chi connectivity index (χ2n) is 5.48. The average molecular weight is 356 g/mol. The van der Waals surface area contributed by atoms with E-state index in [2.05, 4.69) is 10.3 Å². The van der Waals surface area contributed by atoms with Gasteiger partial charge in [-0.2, -0.15) is 0 Å². The van der Waals surface area contributed by atoms with E-state index in [9.17, 15) is 4.79 Å². The zero-order valence-corrected chi connectivity index (χ0v) is 15.0. The van der Waals surface area contributed by atoms with Crippen molar-refractivity contribution in [3.8, 4) is 23.0 Å². The van der Waals surface area contributed by atoms with Crippen molar-refractivity contribution in [2.24, 2.45) is 0 Å². The number of hydrogen-bond acceptors (Lipinski definition) is 5. The quantitative estimate of drug-likeness (QED) is 0.707. The van der Waals surface area contributed by atoms with E-state index >= 15 is 0 Å². The standard InChI is InChI=1S/C19H20N2O5/c1-23-12-5-6-15-13(9-12)14(10-20-15)19(22)21-11-7-16(24-2)18(26-4)17(8-11)25-3/h5-10,20H,1-4H3,(H,21,22). The Morgan fingerprint density at radius 1 is 0.923 bits per heavy atom. The van der Waals surface area contributed by atoms with Crippen LogP contribution in [0.1, 0.15) is 10.4 Å². The second-order valence-corrected chi connectivity index (χ2v) is 5.48. The number of carbonyl (C=O) groups excluding carboxylic acids is 1. The van der Waals surface area contributed by atoms with Gasteiger partial charge in [-0.25, -0.2) is 0 Å². The Kier molecular flexibility index (Phi) is 4.88. The van der Waals surface area contributed by atoms with Crippen molar-refractivity contribution in [1.29, 1.82) is 0 Å². The summed E-state index contributed by atoms with van der Waals surface area (Å²) in [4.78, 5) is 15.8. The van der Waals surface area contributed by atoms with Crippen LogP contribution in [0.3, 0.4) is 0 Å². The number of nitrogens with one attached hydrogen (secondary N) is 2. The summed E-state index contributed by atoms with van der Waals surface area (Å²) in [5.74, 6) is 1.80. The summed E-state index contributed by atoms with van der Waals surface area (Å²) in [6, 6.07) is 8.86. The maximum absolute atomic E-state index is 12.8. The van der Waals surface area contributed by atoms with Gasteiger partial charge < -0.3 is 29.2 Å². The maximum Gasteiger partial charge on any atom is 0.257 e. The molecule has 0 unspecified atom stereocenters. The van der Waals surface area contributed by atoms with E-state index in [0.29, 0.717) is 34.2 Å². The summed E-state index contributed by atoms with van der Waals surface area (Å²) < 4.78 is 21.2. The molecule has 0 saturated carbocycles. The van der Waals surface area contributed by atoms with Crippen molar-refractivity contribution in [3.05, 3.63) is 42.1 Å². The van der Waals surface area contributed by atoms with E-state index in [0.717, 1.165) is 10.9 Å². The van der Waals surface area contributed by atoms with Crippen LogP contribution in [0.2, 0.25) is 0 Å². The van der Waals surface area contributed by atoms with Gasteiger partial charge in [0.2, 0.25) is 5.75 Å². The largest absolute Gasteiger partial charge is 0.497 e. The van der Waals surface area contributed by atoms with E-state index in [1.165, 1.54) is 21.3 Å². The number of aromatic amines is 1. The van der Waals surface area contributed by atoms with Gasteiger partial charge in [0.25, 0.3) is 5.91 Å². The average Bonchev–Trinajstić information content (AvgIpc) is 3.10. The second kappa shape index (κ2) is 7.26. The molecule has 2 aromatic carbocycles. The molecule has 0 spiro atoms. The van der Waals surface area contributed by atoms with Crippen LogP contribution in [0, 0.1) is 0 Å². The van der Waals surface area contributed by atoms with Gasteiger partial charge >= 0.3 is 0 Å². The molecular weight excluding hydrogens is 336 g/mol. The lowest BCUT2D eigenvalue weighted by molar-refractivity contribution is 0.102. The van der Waals surface area contributed by atoms with E-state index in [1.807, 2.05) is 18.2 Å². The molecule has 0 saturated heterocycles. The van der Waals surface area contributed by atoms with Crippen molar-refractivity contribution < 1.29 is 23.7 Å². The minimum absolute atomic E-state index is 0.265. The molecule has 3 aromatic rings. The van der Waals surface area contributed by atoms with Crippen molar-refractivity contribution in [3.63, 3.8) is 0 Å². The summed E-state index contributed by atoms with van der Waals surface area (Å²) in [7, 11) is 6.16. The first-order chi connectivity index (χ1) is 12.6. The Bertz CT molecular complexity index is 923. The molecule has 0 aliphatic carbocycles. The highest BCUT2D eigenvalue weighted by molar-refractivity contribution is 6.13. The summed E-state index contributed by atoms with van der Waals surface area (Å²) in [5.41, 5.74) is 1.88. The summed E-state index contributed by atoms with van der Waals surface area (Å²) >= 11 is 0. The molecule has 7 heteroatoms. The number of carbonyl (C=O) groups is 1. The van der Waals surface area contributed by atoms with Crippen molar-refractivity contribution in [1.82, 2.24) is 4.98 Å². The first kappa shape index (κ1) is 17.5. The highest BCUT2D eigenvalue weighted by Crippen LogP contribution is 2.40. The van der Waals surface area contributed by atoms with E-state index < -0.39 is 0 Å². The molecule has 26 heavy (non-hydrogen) atoms. The third-order valence-electron chi connectivity index (χ3n) is 4.06. The topological polar surface area (TPSA) is 81.8 Å². The van der Waals surface area contributed by atoms with E-state index in [4.69, 9.17) is 18.9 Å². The predicted octanol–water partition coefficient (Wildman–Crippen LogP) is 3.45. The number of amides is 1. The maximum atomic E-state index is 12.8. The van der Waals surface area contributed by atoms with Gasteiger partial charge in [-0.15, -0.1) is 0 Å². The van der Waals surface area contributed by atoms with E-state index in [1.54, 1.807) is 25.4 Å². The molecular formula is C19H20N2O5. The van der Waals surface area contributed by atoms with Crippen LogP contribution in [0.5, 0.6) is 23.0 Å². The highest BCUT2D eigenvalue weighted by atomic mass is 16.5. The fraction of sp³-hybridized carbons (Fsp3) is 0.211. The lowest BCUT2D eigenvalue weighted by Gasteiger charge is -2.14. The van der Waals surface area contributed by atoms with Gasteiger partial charge in [-0.05, 0) is 18.2 Å². The zero-order chi connectivity index (χ0) is 18.7. The minimum atomic E-state index is -0.265. The highest BCUT2D eigenvalue weighted by Gasteiger charge is 2.17. The summed E-state index contributed by atoms with van der Waals surface area (Å²) in [5, 5.41) is 3.63. The molecule has 1 aromatic heterocycles. The smallest absolute Gasteiger partial charge is 0.257 e. The molecule has 136 valence electrons. The lowest BCUT2D eigenvalue weighted by atomic mass is 10.1. The number of anilines is 1. The van der Waals surface area contributed by atoms with Crippen LogP contribution < -0.4 is 24.3 Å². The normalized spacial score (nSPS) is 10.5. The van der Waals surface area contributed by atoms with Crippen LogP contribution in [-0.2, 0) is 0 Å².